The van der Waals surface area contributed by atoms with E-state index in [0.29, 0.717) is 18.5 Å². The van der Waals surface area contributed by atoms with E-state index in [2.05, 4.69) is 25.7 Å². The van der Waals surface area contributed by atoms with Crippen molar-refractivity contribution in [2.45, 2.75) is 13.3 Å². The van der Waals surface area contributed by atoms with Crippen molar-refractivity contribution in [1.29, 1.82) is 0 Å². The average molecular weight is 313 g/mol. The van der Waals surface area contributed by atoms with E-state index in [9.17, 15) is 4.79 Å². The first-order chi connectivity index (χ1) is 10.7. The predicted octanol–water partition coefficient (Wildman–Crippen LogP) is 2.21. The Balaban J connectivity index is 1.56. The molecule has 0 aliphatic rings. The van der Waals surface area contributed by atoms with E-state index in [1.165, 1.54) is 0 Å². The molecule has 2 heterocycles. The molecule has 1 aromatic carbocycles. The molecule has 0 bridgehead atoms. The molecule has 0 aliphatic carbocycles. The molecule has 0 saturated carbocycles. The van der Waals surface area contributed by atoms with Crippen LogP contribution in [0, 0.1) is 6.92 Å². The fraction of sp³-hybridized carbons (Fsp3) is 0.200. The molecule has 3 aromatic rings. The average Bonchev–Trinajstić information content (AvgIpc) is 3.19. The minimum Gasteiger partial charge on any atom is -0.352 e. The summed E-state index contributed by atoms with van der Waals surface area (Å²) < 4.78 is 0. The van der Waals surface area contributed by atoms with Crippen molar-refractivity contribution < 1.29 is 4.79 Å². The predicted molar refractivity (Wildman–Crippen MR) is 84.7 cm³/mol. The van der Waals surface area contributed by atoms with Gasteiger partial charge in [0.15, 0.2) is 0 Å². The molecule has 0 unspecified atom stereocenters. The van der Waals surface area contributed by atoms with Crippen molar-refractivity contribution in [3.63, 3.8) is 0 Å². The topological polar surface area (TPSA) is 83.6 Å². The Kier molecular flexibility index (Phi) is 4.24. The summed E-state index contributed by atoms with van der Waals surface area (Å²) in [5, 5.41) is 19.6. The van der Waals surface area contributed by atoms with Crippen LogP contribution in [0.25, 0.3) is 11.3 Å². The highest BCUT2D eigenvalue weighted by Crippen LogP contribution is 2.16. The summed E-state index contributed by atoms with van der Waals surface area (Å²) in [6, 6.07) is 9.30. The number of nitrogens with one attached hydrogen (secondary N) is 2. The van der Waals surface area contributed by atoms with Crippen LogP contribution < -0.4 is 5.32 Å². The molecule has 0 atom stereocenters. The van der Waals surface area contributed by atoms with Crippen LogP contribution in [0.15, 0.2) is 36.5 Å². The van der Waals surface area contributed by atoms with E-state index in [1.54, 1.807) is 29.7 Å². The summed E-state index contributed by atoms with van der Waals surface area (Å²) in [4.78, 5) is 12.1. The molecule has 0 fully saturated rings. The van der Waals surface area contributed by atoms with E-state index in [4.69, 9.17) is 0 Å². The second kappa shape index (κ2) is 6.48. The number of benzene rings is 1. The van der Waals surface area contributed by atoms with Gasteiger partial charge in [0.1, 0.15) is 10.0 Å². The highest BCUT2D eigenvalue weighted by molar-refractivity contribution is 7.11. The van der Waals surface area contributed by atoms with Crippen molar-refractivity contribution in [3.05, 3.63) is 52.1 Å². The number of amides is 1. The quantitative estimate of drug-likeness (QED) is 0.756. The number of aryl methyl sites for hydroxylation is 1. The Bertz CT molecular complexity index is 749. The van der Waals surface area contributed by atoms with Crippen molar-refractivity contribution in [2.24, 2.45) is 0 Å². The van der Waals surface area contributed by atoms with Gasteiger partial charge in [-0.2, -0.15) is 5.10 Å². The Morgan fingerprint density at radius 3 is 2.68 bits per heavy atom. The highest BCUT2D eigenvalue weighted by atomic mass is 32.1. The molecule has 112 valence electrons. The lowest BCUT2D eigenvalue weighted by Gasteiger charge is -2.04. The second-order valence-electron chi connectivity index (χ2n) is 4.77. The fourth-order valence-electron chi connectivity index (χ4n) is 2.04. The fourth-order valence-corrected chi connectivity index (χ4v) is 2.75. The summed E-state index contributed by atoms with van der Waals surface area (Å²) in [5.74, 6) is -0.0857. The van der Waals surface area contributed by atoms with Gasteiger partial charge in [-0.25, -0.2) is 0 Å². The Labute approximate surface area is 131 Å². The van der Waals surface area contributed by atoms with E-state index < -0.39 is 0 Å². The summed E-state index contributed by atoms with van der Waals surface area (Å²) in [7, 11) is 0. The Hall–Kier alpha value is -2.54. The lowest BCUT2D eigenvalue weighted by atomic mass is 10.1. The van der Waals surface area contributed by atoms with Crippen molar-refractivity contribution in [1.82, 2.24) is 25.7 Å². The Morgan fingerprint density at radius 2 is 2.05 bits per heavy atom. The van der Waals surface area contributed by atoms with E-state index in [1.807, 2.05) is 25.1 Å². The molecular weight excluding hydrogens is 298 g/mol. The van der Waals surface area contributed by atoms with Gasteiger partial charge in [-0.1, -0.05) is 12.1 Å². The van der Waals surface area contributed by atoms with Gasteiger partial charge < -0.3 is 5.32 Å². The number of aromatic amines is 1. The molecule has 7 heteroatoms. The van der Waals surface area contributed by atoms with Gasteiger partial charge in [-0.05, 0) is 30.7 Å². The lowest BCUT2D eigenvalue weighted by Crippen LogP contribution is -2.25. The number of rotatable bonds is 5. The third-order valence-electron chi connectivity index (χ3n) is 3.15. The van der Waals surface area contributed by atoms with Crippen molar-refractivity contribution >= 4 is 17.2 Å². The van der Waals surface area contributed by atoms with Gasteiger partial charge in [-0.15, -0.1) is 21.5 Å². The van der Waals surface area contributed by atoms with E-state index in [-0.39, 0.29) is 5.91 Å². The van der Waals surface area contributed by atoms with E-state index in [0.717, 1.165) is 21.3 Å². The van der Waals surface area contributed by atoms with Crippen LogP contribution in [0.3, 0.4) is 0 Å². The zero-order valence-electron chi connectivity index (χ0n) is 12.0. The number of aromatic nitrogens is 4. The smallest absolute Gasteiger partial charge is 0.251 e. The number of H-pyrrole nitrogens is 1. The zero-order chi connectivity index (χ0) is 15.4. The minimum atomic E-state index is -0.0857. The summed E-state index contributed by atoms with van der Waals surface area (Å²) >= 11 is 1.55. The maximum Gasteiger partial charge on any atom is 0.251 e. The van der Waals surface area contributed by atoms with Crippen LogP contribution in [0.5, 0.6) is 0 Å². The Morgan fingerprint density at radius 1 is 1.23 bits per heavy atom. The van der Waals surface area contributed by atoms with Crippen molar-refractivity contribution in [3.8, 4) is 11.3 Å². The van der Waals surface area contributed by atoms with Crippen LogP contribution >= 0.6 is 11.3 Å². The highest BCUT2D eigenvalue weighted by Gasteiger charge is 2.07. The maximum absolute atomic E-state index is 12.1. The summed E-state index contributed by atoms with van der Waals surface area (Å²) in [6.07, 6.45) is 2.40. The maximum atomic E-state index is 12.1. The molecule has 3 rings (SSSR count). The molecule has 0 aliphatic heterocycles. The standard InChI is InChI=1S/C15H15N5OS/c1-10-18-20-14(22-10)7-8-16-15(21)12-4-2-11(3-5-12)13-6-9-17-19-13/h2-6,9H,7-8H2,1H3,(H,16,21)(H,17,19). The van der Waals surface area contributed by atoms with Crippen molar-refractivity contribution in [2.75, 3.05) is 6.54 Å². The molecule has 0 saturated heterocycles. The number of carbonyl (C=O) groups is 1. The second-order valence-corrected chi connectivity index (χ2v) is 6.03. The largest absolute Gasteiger partial charge is 0.352 e. The number of hydrogen-bond acceptors (Lipinski definition) is 5. The van der Waals surface area contributed by atoms with Crippen LogP contribution in [-0.2, 0) is 6.42 Å². The van der Waals surface area contributed by atoms with Gasteiger partial charge in [0, 0.05) is 24.7 Å². The van der Waals surface area contributed by atoms with Crippen LogP contribution in [0.4, 0.5) is 0 Å². The first kappa shape index (κ1) is 14.4. The van der Waals surface area contributed by atoms with Gasteiger partial charge in [0.05, 0.1) is 5.69 Å². The van der Waals surface area contributed by atoms with E-state index >= 15 is 0 Å². The minimum absolute atomic E-state index is 0.0857. The molecule has 1 amide bonds. The van der Waals surface area contributed by atoms with Crippen LogP contribution in [0.2, 0.25) is 0 Å². The van der Waals surface area contributed by atoms with Crippen LogP contribution in [0.1, 0.15) is 20.4 Å². The molecule has 2 aromatic heterocycles. The number of hydrogen-bond donors (Lipinski definition) is 2. The molecule has 6 nitrogen and oxygen atoms in total. The first-order valence-electron chi connectivity index (χ1n) is 6.89. The molecule has 0 radical (unpaired) electrons. The molecular formula is C15H15N5OS. The number of nitrogens with zero attached hydrogens (tertiary/aromatic N) is 3. The monoisotopic (exact) mass is 313 g/mol. The third kappa shape index (κ3) is 3.37. The molecule has 0 spiro atoms. The van der Waals surface area contributed by atoms with Gasteiger partial charge in [-0.3, -0.25) is 9.89 Å². The molecule has 2 N–H and O–H groups in total. The molecule has 22 heavy (non-hydrogen) atoms. The van der Waals surface area contributed by atoms with Gasteiger partial charge in [0.25, 0.3) is 5.91 Å². The first-order valence-corrected chi connectivity index (χ1v) is 7.71. The normalized spacial score (nSPS) is 10.6. The summed E-state index contributed by atoms with van der Waals surface area (Å²) in [5.41, 5.74) is 2.56. The summed E-state index contributed by atoms with van der Waals surface area (Å²) in [6.45, 7) is 2.47. The number of carbonyl (C=O) groups excluding carboxylic acids is 1. The SMILES string of the molecule is Cc1nnc(CCNC(=O)c2ccc(-c3ccn[nH]3)cc2)s1. The lowest BCUT2D eigenvalue weighted by molar-refractivity contribution is 0.0954. The third-order valence-corrected chi connectivity index (χ3v) is 4.05. The van der Waals surface area contributed by atoms with Gasteiger partial charge in [0.2, 0.25) is 0 Å². The zero-order valence-corrected chi connectivity index (χ0v) is 12.9. The van der Waals surface area contributed by atoms with Gasteiger partial charge >= 0.3 is 0 Å². The van der Waals surface area contributed by atoms with Crippen LogP contribution in [-0.4, -0.2) is 32.8 Å².